The molecule has 72 valence electrons. The van der Waals surface area contributed by atoms with Crippen molar-refractivity contribution in [2.45, 2.75) is 12.3 Å². The van der Waals surface area contributed by atoms with Crippen molar-refractivity contribution in [2.75, 3.05) is 0 Å². The highest BCUT2D eigenvalue weighted by Gasteiger charge is 2.12. The van der Waals surface area contributed by atoms with Crippen LogP contribution in [0.5, 0.6) is 0 Å². The van der Waals surface area contributed by atoms with E-state index >= 15 is 0 Å². The first kappa shape index (κ1) is 9.75. The summed E-state index contributed by atoms with van der Waals surface area (Å²) in [6, 6.07) is 12.4. The van der Waals surface area contributed by atoms with Crippen LogP contribution in [0.1, 0.15) is 21.4 Å². The minimum atomic E-state index is -0.00352. The Morgan fingerprint density at radius 1 is 1.14 bits per heavy atom. The van der Waals surface area contributed by atoms with Gasteiger partial charge < -0.3 is 0 Å². The molecule has 0 N–H and O–H groups in total. The Bertz CT molecular complexity index is 406. The fourth-order valence-corrected chi connectivity index (χ4v) is 2.65. The lowest BCUT2D eigenvalue weighted by Gasteiger charge is -2.10. The van der Waals surface area contributed by atoms with Crippen LogP contribution in [0.4, 0.5) is 0 Å². The highest BCUT2D eigenvalue weighted by atomic mass is 35.5. The van der Waals surface area contributed by atoms with E-state index in [4.69, 9.17) is 11.6 Å². The van der Waals surface area contributed by atoms with E-state index in [1.54, 1.807) is 11.3 Å². The van der Waals surface area contributed by atoms with E-state index in [1.165, 1.54) is 16.0 Å². The predicted octanol–water partition coefficient (Wildman–Crippen LogP) is 4.38. The van der Waals surface area contributed by atoms with Crippen LogP contribution in [0.25, 0.3) is 0 Å². The van der Waals surface area contributed by atoms with Gasteiger partial charge in [-0.25, -0.2) is 0 Å². The standard InChI is InChI=1S/C12H11ClS/c1-9-5-2-3-6-10(9)12(13)11-7-4-8-14-11/h2-8,12H,1H3. The fraction of sp³-hybridized carbons (Fsp3) is 0.167. The summed E-state index contributed by atoms with van der Waals surface area (Å²) in [7, 11) is 0. The second kappa shape index (κ2) is 4.16. The minimum Gasteiger partial charge on any atom is -0.147 e. The number of hydrogen-bond donors (Lipinski definition) is 0. The zero-order valence-corrected chi connectivity index (χ0v) is 9.48. The normalized spacial score (nSPS) is 12.7. The number of benzene rings is 1. The van der Waals surface area contributed by atoms with Gasteiger partial charge in [0.15, 0.2) is 0 Å². The molecule has 1 heterocycles. The number of thiophene rings is 1. The molecule has 0 aliphatic carbocycles. The molecule has 0 saturated heterocycles. The maximum Gasteiger partial charge on any atom is 0.0930 e. The molecular weight excluding hydrogens is 212 g/mol. The Morgan fingerprint density at radius 2 is 1.93 bits per heavy atom. The van der Waals surface area contributed by atoms with Crippen molar-refractivity contribution < 1.29 is 0 Å². The van der Waals surface area contributed by atoms with Crippen molar-refractivity contribution in [2.24, 2.45) is 0 Å². The Kier molecular flexibility index (Phi) is 2.90. The van der Waals surface area contributed by atoms with Gasteiger partial charge in [-0.2, -0.15) is 0 Å². The van der Waals surface area contributed by atoms with Gasteiger partial charge in [-0.15, -0.1) is 22.9 Å². The van der Waals surface area contributed by atoms with Crippen LogP contribution < -0.4 is 0 Å². The van der Waals surface area contributed by atoms with Crippen LogP contribution in [-0.4, -0.2) is 0 Å². The average Bonchev–Trinajstić information content (AvgIpc) is 2.70. The van der Waals surface area contributed by atoms with E-state index in [0.717, 1.165) is 0 Å². The number of hydrogen-bond acceptors (Lipinski definition) is 1. The Labute approximate surface area is 93.2 Å². The van der Waals surface area contributed by atoms with Crippen molar-refractivity contribution >= 4 is 22.9 Å². The molecule has 14 heavy (non-hydrogen) atoms. The Balaban J connectivity index is 2.37. The molecule has 0 amide bonds. The van der Waals surface area contributed by atoms with Crippen LogP contribution in [0.3, 0.4) is 0 Å². The Hall–Kier alpha value is -0.790. The topological polar surface area (TPSA) is 0 Å². The van der Waals surface area contributed by atoms with Crippen molar-refractivity contribution in [3.8, 4) is 0 Å². The minimum absolute atomic E-state index is 0.00352. The summed E-state index contributed by atoms with van der Waals surface area (Å²) in [4.78, 5) is 1.21. The molecule has 1 aromatic heterocycles. The summed E-state index contributed by atoms with van der Waals surface area (Å²) in [5.74, 6) is 0. The summed E-state index contributed by atoms with van der Waals surface area (Å²) >= 11 is 8.09. The van der Waals surface area contributed by atoms with Gasteiger partial charge in [0.2, 0.25) is 0 Å². The molecule has 1 unspecified atom stereocenters. The number of alkyl halides is 1. The van der Waals surface area contributed by atoms with Gasteiger partial charge in [-0.05, 0) is 29.5 Å². The van der Waals surface area contributed by atoms with E-state index in [0.29, 0.717) is 0 Å². The van der Waals surface area contributed by atoms with E-state index in [9.17, 15) is 0 Å². The molecule has 2 heteroatoms. The van der Waals surface area contributed by atoms with Gasteiger partial charge in [-0.1, -0.05) is 30.3 Å². The summed E-state index contributed by atoms with van der Waals surface area (Å²) in [5.41, 5.74) is 2.46. The van der Waals surface area contributed by atoms with E-state index < -0.39 is 0 Å². The molecular formula is C12H11ClS. The smallest absolute Gasteiger partial charge is 0.0930 e. The van der Waals surface area contributed by atoms with Crippen molar-refractivity contribution in [3.05, 3.63) is 57.8 Å². The molecule has 0 nitrogen and oxygen atoms in total. The van der Waals surface area contributed by atoms with Crippen LogP contribution in [0.15, 0.2) is 41.8 Å². The molecule has 0 spiro atoms. The lowest BCUT2D eigenvalue weighted by molar-refractivity contribution is 1.15. The second-order valence-electron chi connectivity index (χ2n) is 3.23. The number of aryl methyl sites for hydroxylation is 1. The van der Waals surface area contributed by atoms with Gasteiger partial charge in [0, 0.05) is 4.88 Å². The summed E-state index contributed by atoms with van der Waals surface area (Å²) in [6.07, 6.45) is 0. The average molecular weight is 223 g/mol. The summed E-state index contributed by atoms with van der Waals surface area (Å²) < 4.78 is 0. The molecule has 0 radical (unpaired) electrons. The third-order valence-corrected chi connectivity index (χ3v) is 3.79. The van der Waals surface area contributed by atoms with Crippen LogP contribution in [0.2, 0.25) is 0 Å². The molecule has 0 aliphatic heterocycles. The molecule has 0 fully saturated rings. The lowest BCUT2D eigenvalue weighted by atomic mass is 10.0. The van der Waals surface area contributed by atoms with Crippen LogP contribution in [-0.2, 0) is 0 Å². The quantitative estimate of drug-likeness (QED) is 0.662. The van der Waals surface area contributed by atoms with Gasteiger partial charge in [0.05, 0.1) is 5.38 Å². The van der Waals surface area contributed by atoms with Crippen molar-refractivity contribution in [1.82, 2.24) is 0 Å². The maximum absolute atomic E-state index is 6.39. The number of rotatable bonds is 2. The largest absolute Gasteiger partial charge is 0.147 e. The van der Waals surface area contributed by atoms with E-state index in [2.05, 4.69) is 30.5 Å². The molecule has 0 bridgehead atoms. The number of halogens is 1. The first-order valence-corrected chi connectivity index (χ1v) is 5.83. The molecule has 1 aromatic carbocycles. The van der Waals surface area contributed by atoms with Gasteiger partial charge in [-0.3, -0.25) is 0 Å². The maximum atomic E-state index is 6.39. The lowest BCUT2D eigenvalue weighted by Crippen LogP contribution is -1.92. The van der Waals surface area contributed by atoms with E-state index in [-0.39, 0.29) is 5.38 Å². The SMILES string of the molecule is Cc1ccccc1C(Cl)c1cccs1. The molecule has 2 rings (SSSR count). The van der Waals surface area contributed by atoms with Gasteiger partial charge >= 0.3 is 0 Å². The molecule has 2 aromatic rings. The van der Waals surface area contributed by atoms with E-state index in [1.807, 2.05) is 18.2 Å². The van der Waals surface area contributed by atoms with Gasteiger partial charge in [0.1, 0.15) is 0 Å². The first-order chi connectivity index (χ1) is 6.79. The third kappa shape index (κ3) is 1.84. The fourth-order valence-electron chi connectivity index (χ4n) is 1.46. The molecule has 0 aliphatic rings. The first-order valence-electron chi connectivity index (χ1n) is 4.52. The monoisotopic (exact) mass is 222 g/mol. The zero-order valence-electron chi connectivity index (χ0n) is 7.91. The van der Waals surface area contributed by atoms with Crippen molar-refractivity contribution in [1.29, 1.82) is 0 Å². The predicted molar refractivity (Wildman–Crippen MR) is 63.2 cm³/mol. The summed E-state index contributed by atoms with van der Waals surface area (Å²) in [6.45, 7) is 2.10. The van der Waals surface area contributed by atoms with Gasteiger partial charge in [0.25, 0.3) is 0 Å². The highest BCUT2D eigenvalue weighted by Crippen LogP contribution is 2.33. The highest BCUT2D eigenvalue weighted by molar-refractivity contribution is 7.10. The van der Waals surface area contributed by atoms with Crippen LogP contribution in [0, 0.1) is 6.92 Å². The molecule has 0 saturated carbocycles. The Morgan fingerprint density at radius 3 is 2.57 bits per heavy atom. The van der Waals surface area contributed by atoms with Crippen molar-refractivity contribution in [3.63, 3.8) is 0 Å². The summed E-state index contributed by atoms with van der Waals surface area (Å²) in [5, 5.41) is 2.05. The van der Waals surface area contributed by atoms with Crippen LogP contribution >= 0.6 is 22.9 Å². The third-order valence-electron chi connectivity index (χ3n) is 2.25. The second-order valence-corrected chi connectivity index (χ2v) is 4.65. The zero-order chi connectivity index (χ0) is 9.97. The molecule has 1 atom stereocenters.